The monoisotopic (exact) mass is 491 g/mol. The van der Waals surface area contributed by atoms with Gasteiger partial charge in [-0.2, -0.15) is 0 Å². The third-order valence-electron chi connectivity index (χ3n) is 4.36. The van der Waals surface area contributed by atoms with E-state index in [0.29, 0.717) is 16.5 Å². The Hall–Kier alpha value is -3.64. The van der Waals surface area contributed by atoms with Crippen molar-refractivity contribution in [1.29, 1.82) is 0 Å². The molecule has 2 N–H and O–H groups in total. The maximum atomic E-state index is 12.4. The summed E-state index contributed by atoms with van der Waals surface area (Å²) in [5.41, 5.74) is 0.712. The zero-order valence-corrected chi connectivity index (χ0v) is 19.0. The Bertz CT molecular complexity index is 1200. The van der Waals surface area contributed by atoms with Crippen LogP contribution in [0.15, 0.2) is 46.0 Å². The number of amides is 2. The predicted molar refractivity (Wildman–Crippen MR) is 121 cm³/mol. The van der Waals surface area contributed by atoms with Crippen molar-refractivity contribution in [2.75, 3.05) is 18.2 Å². The Labute approximate surface area is 197 Å². The van der Waals surface area contributed by atoms with Crippen LogP contribution in [-0.4, -0.2) is 39.8 Å². The minimum atomic E-state index is -0.549. The van der Waals surface area contributed by atoms with Gasteiger partial charge in [0.2, 0.25) is 11.8 Å². The van der Waals surface area contributed by atoms with Crippen molar-refractivity contribution in [3.8, 4) is 5.75 Å². The highest BCUT2D eigenvalue weighted by atomic mass is 35.5. The molecule has 0 atom stereocenters. The number of halogens is 1. The molecule has 0 aliphatic carbocycles. The molecule has 0 aliphatic rings. The van der Waals surface area contributed by atoms with Crippen LogP contribution in [0.3, 0.4) is 0 Å². The van der Waals surface area contributed by atoms with Gasteiger partial charge in [0.1, 0.15) is 5.75 Å². The van der Waals surface area contributed by atoms with E-state index in [4.69, 9.17) is 20.8 Å². The maximum absolute atomic E-state index is 12.4. The number of aromatic nitrogens is 2. The van der Waals surface area contributed by atoms with E-state index < -0.39 is 10.8 Å². The van der Waals surface area contributed by atoms with E-state index in [1.165, 1.54) is 32.2 Å². The molecule has 0 fully saturated rings. The van der Waals surface area contributed by atoms with E-state index >= 15 is 0 Å². The van der Waals surface area contributed by atoms with Gasteiger partial charge in [-0.15, -0.1) is 10.2 Å². The number of anilines is 1. The summed E-state index contributed by atoms with van der Waals surface area (Å²) in [6.45, 7) is 1.42. The Morgan fingerprint density at radius 1 is 1.27 bits per heavy atom. The van der Waals surface area contributed by atoms with Crippen LogP contribution in [0.1, 0.15) is 21.8 Å². The summed E-state index contributed by atoms with van der Waals surface area (Å²) in [7, 11) is 1.48. The van der Waals surface area contributed by atoms with Crippen molar-refractivity contribution in [2.24, 2.45) is 0 Å². The number of carbonyl (C=O) groups is 2. The molecule has 0 aliphatic heterocycles. The van der Waals surface area contributed by atoms with Crippen molar-refractivity contribution in [2.45, 2.75) is 18.7 Å². The van der Waals surface area contributed by atoms with Gasteiger partial charge in [0.15, 0.2) is 0 Å². The third kappa shape index (κ3) is 6.20. The number of methoxy groups -OCH3 is 1. The van der Waals surface area contributed by atoms with Crippen LogP contribution in [0.25, 0.3) is 0 Å². The first-order valence-corrected chi connectivity index (χ1v) is 10.8. The van der Waals surface area contributed by atoms with Crippen molar-refractivity contribution < 1.29 is 23.7 Å². The zero-order valence-electron chi connectivity index (χ0n) is 17.5. The normalized spacial score (nSPS) is 10.5. The topological polar surface area (TPSA) is 149 Å². The molecule has 2 aromatic carbocycles. The smallest absolute Gasteiger partial charge is 0.277 e. The second kappa shape index (κ2) is 10.8. The first-order valence-electron chi connectivity index (χ1n) is 9.39. The predicted octanol–water partition coefficient (Wildman–Crippen LogP) is 3.61. The molecular weight excluding hydrogens is 474 g/mol. The number of thioether (sulfide) groups is 1. The molecule has 0 bridgehead atoms. The highest BCUT2D eigenvalue weighted by Crippen LogP contribution is 2.28. The Balaban J connectivity index is 1.53. The summed E-state index contributed by atoms with van der Waals surface area (Å²) in [4.78, 5) is 35.1. The molecular formula is C20H18ClN5O6S. The van der Waals surface area contributed by atoms with Gasteiger partial charge in [0, 0.05) is 22.2 Å². The summed E-state index contributed by atoms with van der Waals surface area (Å²) in [6, 6.07) is 9.10. The van der Waals surface area contributed by atoms with Crippen LogP contribution >= 0.6 is 23.4 Å². The number of hydrogen-bond donors (Lipinski definition) is 2. The molecule has 33 heavy (non-hydrogen) atoms. The fourth-order valence-electron chi connectivity index (χ4n) is 2.78. The summed E-state index contributed by atoms with van der Waals surface area (Å²) in [5.74, 6) is -0.289. The zero-order chi connectivity index (χ0) is 24.0. The molecule has 11 nitrogen and oxygen atoms in total. The molecule has 0 radical (unpaired) electrons. The quantitative estimate of drug-likeness (QED) is 0.260. The number of hydrogen-bond acceptors (Lipinski definition) is 9. The van der Waals surface area contributed by atoms with E-state index in [9.17, 15) is 19.7 Å². The van der Waals surface area contributed by atoms with Crippen LogP contribution < -0.4 is 15.4 Å². The van der Waals surface area contributed by atoms with Crippen LogP contribution in [0.4, 0.5) is 11.4 Å². The van der Waals surface area contributed by atoms with Crippen molar-refractivity contribution in [1.82, 2.24) is 15.5 Å². The fraction of sp³-hybridized carbons (Fsp3) is 0.200. The number of carbonyl (C=O) groups excluding carboxylic acids is 2. The van der Waals surface area contributed by atoms with Gasteiger partial charge in [0.05, 0.1) is 30.0 Å². The van der Waals surface area contributed by atoms with Gasteiger partial charge in [-0.1, -0.05) is 29.4 Å². The largest absolute Gasteiger partial charge is 0.495 e. The molecule has 2 amide bonds. The standard InChI is InChI=1S/C20H18ClN5O6S/c1-11-13(4-3-5-15(11)26(29)30)19(28)22-9-18-24-25-20(32-18)33-10-17(27)23-14-8-12(21)6-7-16(14)31-2/h3-8H,9-10H2,1-2H3,(H,22,28)(H,23,27). The molecule has 3 rings (SSSR count). The highest BCUT2D eigenvalue weighted by Gasteiger charge is 2.18. The number of nitrogens with one attached hydrogen (secondary N) is 2. The summed E-state index contributed by atoms with van der Waals surface area (Å²) in [6.07, 6.45) is 0. The number of nitro benzene ring substituents is 1. The molecule has 0 unspecified atom stereocenters. The Kier molecular flexibility index (Phi) is 7.85. The molecule has 3 aromatic rings. The van der Waals surface area contributed by atoms with Gasteiger partial charge >= 0.3 is 0 Å². The van der Waals surface area contributed by atoms with E-state index in [-0.39, 0.29) is 46.1 Å². The number of nitrogens with zero attached hydrogens (tertiary/aromatic N) is 3. The van der Waals surface area contributed by atoms with Gasteiger partial charge in [-0.25, -0.2) is 0 Å². The number of benzene rings is 2. The van der Waals surface area contributed by atoms with Crippen LogP contribution in [-0.2, 0) is 11.3 Å². The average molecular weight is 492 g/mol. The summed E-state index contributed by atoms with van der Waals surface area (Å²) in [5, 5.41) is 24.5. The lowest BCUT2D eigenvalue weighted by atomic mass is 10.1. The van der Waals surface area contributed by atoms with E-state index in [2.05, 4.69) is 20.8 Å². The number of rotatable bonds is 9. The molecule has 0 spiro atoms. The van der Waals surface area contributed by atoms with Crippen LogP contribution in [0.5, 0.6) is 5.75 Å². The van der Waals surface area contributed by atoms with Crippen molar-refractivity contribution >= 4 is 46.6 Å². The minimum Gasteiger partial charge on any atom is -0.495 e. The van der Waals surface area contributed by atoms with Gasteiger partial charge in [0.25, 0.3) is 16.8 Å². The molecule has 1 heterocycles. The van der Waals surface area contributed by atoms with Crippen LogP contribution in [0, 0.1) is 17.0 Å². The molecule has 0 saturated heterocycles. The van der Waals surface area contributed by atoms with Crippen LogP contribution in [0.2, 0.25) is 5.02 Å². The SMILES string of the molecule is COc1ccc(Cl)cc1NC(=O)CSc1nnc(CNC(=O)c2cccc([N+](=O)[O-])c2C)o1. The van der Waals surface area contributed by atoms with E-state index in [0.717, 1.165) is 11.8 Å². The lowest BCUT2D eigenvalue weighted by molar-refractivity contribution is -0.385. The first kappa shape index (κ1) is 24.0. The van der Waals surface area contributed by atoms with Gasteiger partial charge in [-0.05, 0) is 31.2 Å². The summed E-state index contributed by atoms with van der Waals surface area (Å²) >= 11 is 6.96. The molecule has 0 saturated carbocycles. The maximum Gasteiger partial charge on any atom is 0.277 e. The third-order valence-corrected chi connectivity index (χ3v) is 5.41. The van der Waals surface area contributed by atoms with Crippen molar-refractivity contribution in [3.63, 3.8) is 0 Å². The molecule has 1 aromatic heterocycles. The van der Waals surface area contributed by atoms with E-state index in [1.807, 2.05) is 0 Å². The van der Waals surface area contributed by atoms with Gasteiger partial charge < -0.3 is 19.8 Å². The second-order valence-electron chi connectivity index (χ2n) is 6.53. The fourth-order valence-corrected chi connectivity index (χ4v) is 3.53. The Morgan fingerprint density at radius 3 is 2.79 bits per heavy atom. The summed E-state index contributed by atoms with van der Waals surface area (Å²) < 4.78 is 10.6. The lowest BCUT2D eigenvalue weighted by Gasteiger charge is -2.09. The molecule has 172 valence electrons. The minimum absolute atomic E-state index is 0.0173. The van der Waals surface area contributed by atoms with Crippen molar-refractivity contribution in [3.05, 3.63) is 68.6 Å². The first-order chi connectivity index (χ1) is 15.8. The second-order valence-corrected chi connectivity index (χ2v) is 7.90. The lowest BCUT2D eigenvalue weighted by Crippen LogP contribution is -2.24. The number of nitro groups is 1. The highest BCUT2D eigenvalue weighted by molar-refractivity contribution is 7.99. The van der Waals surface area contributed by atoms with Gasteiger partial charge in [-0.3, -0.25) is 19.7 Å². The Morgan fingerprint density at radius 2 is 2.06 bits per heavy atom. The van der Waals surface area contributed by atoms with E-state index in [1.54, 1.807) is 18.2 Å². The average Bonchev–Trinajstić information content (AvgIpc) is 3.24. The molecule has 13 heteroatoms. The number of ether oxygens (including phenoxy) is 1.